The van der Waals surface area contributed by atoms with E-state index in [9.17, 15) is 24.3 Å². The average molecular weight is 405 g/mol. The molecule has 2 amide bonds. The Morgan fingerprint density at radius 3 is 2.71 bits per heavy atom. The molecule has 3 rings (SSSR count). The molecular formula is C17H15N3O7S. The lowest BCUT2D eigenvalue weighted by Crippen LogP contribution is -2.36. The highest BCUT2D eigenvalue weighted by atomic mass is 32.1. The van der Waals surface area contributed by atoms with Crippen LogP contribution in [0.3, 0.4) is 0 Å². The number of aromatic carboxylic acids is 1. The van der Waals surface area contributed by atoms with Crippen molar-refractivity contribution in [1.29, 1.82) is 0 Å². The fourth-order valence-corrected chi connectivity index (χ4v) is 3.87. The van der Waals surface area contributed by atoms with Gasteiger partial charge in [0.25, 0.3) is 5.91 Å². The number of pyridine rings is 1. The molecule has 0 aliphatic carbocycles. The lowest BCUT2D eigenvalue weighted by atomic mass is 10.0. The van der Waals surface area contributed by atoms with Gasteiger partial charge in [-0.25, -0.2) is 9.59 Å². The van der Waals surface area contributed by atoms with Gasteiger partial charge < -0.3 is 25.6 Å². The van der Waals surface area contributed by atoms with Crippen molar-refractivity contribution in [2.24, 2.45) is 0 Å². The van der Waals surface area contributed by atoms with Gasteiger partial charge >= 0.3 is 17.8 Å². The van der Waals surface area contributed by atoms with Crippen LogP contribution in [0.4, 0.5) is 5.00 Å². The number of hydrogen-bond donors (Lipinski definition) is 4. The number of hydrogen-bond acceptors (Lipinski definition) is 7. The number of thiophene rings is 1. The first kappa shape index (κ1) is 19.5. The van der Waals surface area contributed by atoms with Crippen molar-refractivity contribution in [3.63, 3.8) is 0 Å². The quantitative estimate of drug-likeness (QED) is 0.531. The first-order valence-corrected chi connectivity index (χ1v) is 8.90. The van der Waals surface area contributed by atoms with E-state index in [0.29, 0.717) is 16.0 Å². The van der Waals surface area contributed by atoms with E-state index in [4.69, 9.17) is 9.84 Å². The summed E-state index contributed by atoms with van der Waals surface area (Å²) in [6.07, 6.45) is 2.70. The third kappa shape index (κ3) is 4.15. The summed E-state index contributed by atoms with van der Waals surface area (Å²) in [7, 11) is 0. The Balaban J connectivity index is 1.72. The monoisotopic (exact) mass is 405 g/mol. The lowest BCUT2D eigenvalue weighted by Gasteiger charge is -2.23. The molecule has 1 aliphatic rings. The number of anilines is 1. The summed E-state index contributed by atoms with van der Waals surface area (Å²) >= 11 is 0.963. The van der Waals surface area contributed by atoms with E-state index in [1.165, 1.54) is 6.20 Å². The second-order valence-corrected chi connectivity index (χ2v) is 6.97. The molecule has 0 bridgehead atoms. The van der Waals surface area contributed by atoms with Crippen LogP contribution in [0.15, 0.2) is 24.5 Å². The largest absolute Gasteiger partial charge is 0.478 e. The summed E-state index contributed by atoms with van der Waals surface area (Å²) in [5.41, 5.74) is 0.700. The van der Waals surface area contributed by atoms with Crippen LogP contribution in [0, 0.1) is 0 Å². The highest BCUT2D eigenvalue weighted by molar-refractivity contribution is 7.17. The molecule has 0 saturated heterocycles. The number of carboxylic acids is 2. The third-order valence-corrected chi connectivity index (χ3v) is 5.14. The average Bonchev–Trinajstić information content (AvgIpc) is 3.03. The maximum atomic E-state index is 12.1. The number of nitrogens with one attached hydrogen (secondary N) is 2. The minimum absolute atomic E-state index is 0.0476. The van der Waals surface area contributed by atoms with Crippen LogP contribution in [0.25, 0.3) is 0 Å². The van der Waals surface area contributed by atoms with E-state index in [0.717, 1.165) is 11.3 Å². The lowest BCUT2D eigenvalue weighted by molar-refractivity contribution is -0.147. The molecule has 0 saturated carbocycles. The molecule has 10 nitrogen and oxygen atoms in total. The van der Waals surface area contributed by atoms with Crippen LogP contribution >= 0.6 is 11.3 Å². The number of rotatable bonds is 5. The van der Waals surface area contributed by atoms with Gasteiger partial charge in [0.2, 0.25) is 0 Å². The Bertz CT molecular complexity index is 942. The minimum Gasteiger partial charge on any atom is -0.478 e. The Hall–Kier alpha value is -3.31. The Kier molecular flexibility index (Phi) is 5.66. The summed E-state index contributed by atoms with van der Waals surface area (Å²) < 4.78 is 5.65. The molecular weight excluding hydrogens is 390 g/mol. The molecule has 2 aromatic heterocycles. The van der Waals surface area contributed by atoms with Gasteiger partial charge in [-0.1, -0.05) is 0 Å². The number of fused-ring (bicyclic) bond motifs is 1. The number of nitrogens with zero attached hydrogens (tertiary/aromatic N) is 1. The summed E-state index contributed by atoms with van der Waals surface area (Å²) in [6, 6.07) is 3.25. The Morgan fingerprint density at radius 1 is 1.29 bits per heavy atom. The van der Waals surface area contributed by atoms with Crippen LogP contribution in [0.5, 0.6) is 0 Å². The molecule has 1 aliphatic heterocycles. The van der Waals surface area contributed by atoms with Gasteiger partial charge in [0.1, 0.15) is 5.00 Å². The van der Waals surface area contributed by atoms with E-state index >= 15 is 0 Å². The Morgan fingerprint density at radius 2 is 2.07 bits per heavy atom. The first-order chi connectivity index (χ1) is 13.4. The van der Waals surface area contributed by atoms with Crippen molar-refractivity contribution in [2.45, 2.75) is 19.1 Å². The number of ether oxygens (including phenoxy) is 1. The molecule has 0 spiro atoms. The van der Waals surface area contributed by atoms with Gasteiger partial charge in [0.05, 0.1) is 23.8 Å². The van der Waals surface area contributed by atoms with Crippen molar-refractivity contribution in [1.82, 2.24) is 10.3 Å². The number of amides is 2. The van der Waals surface area contributed by atoms with Crippen molar-refractivity contribution in [3.05, 3.63) is 46.1 Å². The van der Waals surface area contributed by atoms with E-state index in [-0.39, 0.29) is 36.0 Å². The van der Waals surface area contributed by atoms with Gasteiger partial charge in [-0.3, -0.25) is 14.6 Å². The van der Waals surface area contributed by atoms with Crippen molar-refractivity contribution < 1.29 is 34.1 Å². The van der Waals surface area contributed by atoms with Crippen molar-refractivity contribution in [3.8, 4) is 0 Å². The van der Waals surface area contributed by atoms with Crippen molar-refractivity contribution in [2.75, 3.05) is 11.9 Å². The smallest absolute Gasteiger partial charge is 0.394 e. The van der Waals surface area contributed by atoms with E-state index in [1.54, 1.807) is 18.3 Å². The highest BCUT2D eigenvalue weighted by Gasteiger charge is 2.31. The number of carbonyl (C=O) groups is 4. The summed E-state index contributed by atoms with van der Waals surface area (Å²) in [6.45, 7) is 0.246. The molecule has 0 radical (unpaired) electrons. The van der Waals surface area contributed by atoms with E-state index in [1.807, 2.05) is 0 Å². The van der Waals surface area contributed by atoms with Gasteiger partial charge in [-0.2, -0.15) is 0 Å². The van der Waals surface area contributed by atoms with Crippen LogP contribution in [-0.2, 0) is 27.4 Å². The first-order valence-electron chi connectivity index (χ1n) is 8.08. The van der Waals surface area contributed by atoms with Crippen molar-refractivity contribution >= 4 is 40.1 Å². The molecule has 11 heteroatoms. The summed E-state index contributed by atoms with van der Waals surface area (Å²) in [4.78, 5) is 50.3. The van der Waals surface area contributed by atoms with Crippen LogP contribution in [0.1, 0.15) is 31.2 Å². The third-order valence-electron chi connectivity index (χ3n) is 4.02. The predicted octanol–water partition coefficient (Wildman–Crippen LogP) is 0.736. The zero-order valence-electron chi connectivity index (χ0n) is 14.3. The zero-order valence-corrected chi connectivity index (χ0v) is 15.1. The molecule has 146 valence electrons. The predicted molar refractivity (Wildman–Crippen MR) is 96.4 cm³/mol. The van der Waals surface area contributed by atoms with Crippen LogP contribution in [0.2, 0.25) is 0 Å². The van der Waals surface area contributed by atoms with E-state index in [2.05, 4.69) is 15.6 Å². The zero-order chi connectivity index (χ0) is 20.3. The number of aromatic nitrogens is 1. The number of aliphatic carboxylic acids is 1. The van der Waals surface area contributed by atoms with Gasteiger partial charge in [-0.05, 0) is 17.7 Å². The maximum absolute atomic E-state index is 12.1. The maximum Gasteiger partial charge on any atom is 0.394 e. The molecule has 1 atom stereocenters. The fraction of sp³-hybridized carbons (Fsp3) is 0.235. The molecule has 3 heterocycles. The van der Waals surface area contributed by atoms with Gasteiger partial charge in [0, 0.05) is 30.2 Å². The summed E-state index contributed by atoms with van der Waals surface area (Å²) in [5.74, 6) is -4.64. The molecule has 28 heavy (non-hydrogen) atoms. The highest BCUT2D eigenvalue weighted by Crippen LogP contribution is 2.37. The normalized spacial score (nSPS) is 15.4. The fourth-order valence-electron chi connectivity index (χ4n) is 2.73. The SMILES string of the molecule is O=C(O)C(=O)Nc1sc2c(c1C(=O)O)CC(CNC(=O)c1cccnc1)OC2. The minimum atomic E-state index is -1.71. The number of carbonyl (C=O) groups excluding carboxylic acids is 2. The standard InChI is InChI=1S/C17H15N3O7S/c21-13(8-2-1-3-18-5-8)19-6-9-4-10-11(7-27-9)28-15(12(10)16(23)24)20-14(22)17(25)26/h1-3,5,9H,4,6-7H2,(H,19,21)(H,20,22)(H,23,24)(H,25,26). The van der Waals surface area contributed by atoms with Gasteiger partial charge in [-0.15, -0.1) is 11.3 Å². The summed E-state index contributed by atoms with van der Waals surface area (Å²) in [5, 5.41) is 23.0. The van der Waals surface area contributed by atoms with Crippen LogP contribution < -0.4 is 10.6 Å². The molecule has 2 aromatic rings. The van der Waals surface area contributed by atoms with Gasteiger partial charge in [0.15, 0.2) is 0 Å². The second kappa shape index (κ2) is 8.15. The molecule has 4 N–H and O–H groups in total. The topological polar surface area (TPSA) is 155 Å². The second-order valence-electron chi connectivity index (χ2n) is 5.86. The Labute approximate surface area is 162 Å². The number of carboxylic acid groups (broad SMARTS) is 2. The van der Waals surface area contributed by atoms with Crippen LogP contribution in [-0.4, -0.2) is 51.6 Å². The molecule has 0 fully saturated rings. The van der Waals surface area contributed by atoms with E-state index < -0.39 is 23.9 Å². The molecule has 0 aromatic carbocycles. The molecule has 1 unspecified atom stereocenters.